The van der Waals surface area contributed by atoms with Crippen LogP contribution in [0.4, 0.5) is 5.69 Å². The smallest absolute Gasteiger partial charge is 0.338 e. The summed E-state index contributed by atoms with van der Waals surface area (Å²) < 4.78 is 11.5. The number of benzene rings is 2. The van der Waals surface area contributed by atoms with E-state index in [0.29, 0.717) is 29.5 Å². The summed E-state index contributed by atoms with van der Waals surface area (Å²) in [4.78, 5) is 23.9. The number of carbonyl (C=O) groups excluding carboxylic acids is 2. The molecule has 0 bridgehead atoms. The van der Waals surface area contributed by atoms with Crippen LogP contribution in [0.1, 0.15) is 30.6 Å². The molecule has 26 heavy (non-hydrogen) atoms. The van der Waals surface area contributed by atoms with Gasteiger partial charge in [-0.1, -0.05) is 35.8 Å². The van der Waals surface area contributed by atoms with Crippen LogP contribution in [0.3, 0.4) is 0 Å². The third kappa shape index (κ3) is 6.88. The van der Waals surface area contributed by atoms with Crippen LogP contribution < -0.4 is 10.1 Å². The van der Waals surface area contributed by atoms with Gasteiger partial charge in [0.05, 0.1) is 12.2 Å². The summed E-state index contributed by atoms with van der Waals surface area (Å²) in [7, 11) is 0. The zero-order valence-corrected chi connectivity index (χ0v) is 16.4. The van der Waals surface area contributed by atoms with Crippen LogP contribution in [0.5, 0.6) is 5.75 Å². The molecule has 2 rings (SSSR count). The molecule has 0 saturated heterocycles. The molecule has 0 aliphatic rings. The second-order valence-electron chi connectivity index (χ2n) is 6.19. The first-order chi connectivity index (χ1) is 12.4. The van der Waals surface area contributed by atoms with Crippen LogP contribution in [-0.4, -0.2) is 25.1 Å². The molecule has 0 aliphatic heterocycles. The minimum Gasteiger partial charge on any atom is -0.484 e. The van der Waals surface area contributed by atoms with Gasteiger partial charge < -0.3 is 14.8 Å². The number of carbonyl (C=O) groups is 2. The molecule has 0 aromatic heterocycles. The minimum absolute atomic E-state index is 0.102. The molecule has 0 radical (unpaired) electrons. The quantitative estimate of drug-likeness (QED) is 0.631. The summed E-state index contributed by atoms with van der Waals surface area (Å²) in [5.74, 6) is 0.451. The van der Waals surface area contributed by atoms with Gasteiger partial charge in [0.2, 0.25) is 0 Å². The van der Waals surface area contributed by atoms with Gasteiger partial charge in [-0.2, -0.15) is 0 Å². The lowest BCUT2D eigenvalue weighted by molar-refractivity contribution is -0.118. The van der Waals surface area contributed by atoms with Crippen molar-refractivity contribution in [3.63, 3.8) is 0 Å². The number of halogens is 1. The molecular formula is C20H22BrNO4. The van der Waals surface area contributed by atoms with E-state index < -0.39 is 0 Å². The molecule has 6 heteroatoms. The van der Waals surface area contributed by atoms with Gasteiger partial charge in [0.15, 0.2) is 6.61 Å². The molecule has 0 saturated carbocycles. The van der Waals surface area contributed by atoms with Crippen LogP contribution in [0.15, 0.2) is 53.0 Å². The SMILES string of the molecule is CC(C)CCOC(=O)c1ccc(NC(=O)COc2cccc(Br)c2)cc1. The zero-order chi connectivity index (χ0) is 18.9. The number of rotatable bonds is 8. The first-order valence-corrected chi connectivity index (χ1v) is 9.19. The number of esters is 1. The van der Waals surface area contributed by atoms with Crippen molar-refractivity contribution in [2.24, 2.45) is 5.92 Å². The zero-order valence-electron chi connectivity index (χ0n) is 14.8. The highest BCUT2D eigenvalue weighted by Crippen LogP contribution is 2.18. The summed E-state index contributed by atoms with van der Waals surface area (Å²) in [5, 5.41) is 2.72. The summed E-state index contributed by atoms with van der Waals surface area (Å²) in [6.45, 7) is 4.45. The Hall–Kier alpha value is -2.34. The van der Waals surface area contributed by atoms with E-state index in [2.05, 4.69) is 35.1 Å². The van der Waals surface area contributed by atoms with Crippen LogP contribution in [0, 0.1) is 5.92 Å². The fourth-order valence-corrected chi connectivity index (χ4v) is 2.44. The van der Waals surface area contributed by atoms with Crippen molar-refractivity contribution in [2.75, 3.05) is 18.5 Å². The summed E-state index contributed by atoms with van der Waals surface area (Å²) in [5.41, 5.74) is 1.05. The molecule has 1 amide bonds. The molecule has 0 heterocycles. The Morgan fingerprint density at radius 2 is 1.85 bits per heavy atom. The summed E-state index contributed by atoms with van der Waals surface area (Å²) in [6.07, 6.45) is 0.831. The molecular weight excluding hydrogens is 398 g/mol. The molecule has 0 aliphatic carbocycles. The molecule has 0 unspecified atom stereocenters. The number of hydrogen-bond donors (Lipinski definition) is 1. The number of anilines is 1. The predicted octanol–water partition coefficient (Wildman–Crippen LogP) is 4.67. The second kappa shape index (κ2) is 9.97. The van der Waals surface area contributed by atoms with E-state index in [1.54, 1.807) is 36.4 Å². The predicted molar refractivity (Wildman–Crippen MR) is 104 cm³/mol. The first kappa shape index (κ1) is 20.0. The normalized spacial score (nSPS) is 10.5. The Morgan fingerprint density at radius 1 is 1.12 bits per heavy atom. The van der Waals surface area contributed by atoms with Gasteiger partial charge >= 0.3 is 5.97 Å². The maximum Gasteiger partial charge on any atom is 0.338 e. The van der Waals surface area contributed by atoms with Crippen LogP contribution in [0.25, 0.3) is 0 Å². The standard InChI is InChI=1S/C20H22BrNO4/c1-14(2)10-11-25-20(24)15-6-8-17(9-7-15)22-19(23)13-26-18-5-3-4-16(21)12-18/h3-9,12,14H,10-11,13H2,1-2H3,(H,22,23). The Morgan fingerprint density at radius 3 is 2.50 bits per heavy atom. The molecule has 0 spiro atoms. The number of hydrogen-bond acceptors (Lipinski definition) is 4. The largest absolute Gasteiger partial charge is 0.484 e. The topological polar surface area (TPSA) is 64.6 Å². The molecule has 5 nitrogen and oxygen atoms in total. The monoisotopic (exact) mass is 419 g/mol. The molecule has 0 atom stereocenters. The van der Waals surface area contributed by atoms with E-state index in [1.807, 2.05) is 12.1 Å². The van der Waals surface area contributed by atoms with Gasteiger partial charge in [-0.25, -0.2) is 4.79 Å². The van der Waals surface area contributed by atoms with Crippen LogP contribution in [0.2, 0.25) is 0 Å². The third-order valence-corrected chi connectivity index (χ3v) is 3.99. The van der Waals surface area contributed by atoms with Crippen molar-refractivity contribution in [1.29, 1.82) is 0 Å². The average Bonchev–Trinajstić information content (AvgIpc) is 2.60. The lowest BCUT2D eigenvalue weighted by atomic mass is 10.1. The summed E-state index contributed by atoms with van der Waals surface area (Å²) in [6, 6.07) is 13.8. The lowest BCUT2D eigenvalue weighted by Crippen LogP contribution is -2.20. The first-order valence-electron chi connectivity index (χ1n) is 8.39. The van der Waals surface area contributed by atoms with Crippen molar-refractivity contribution in [1.82, 2.24) is 0 Å². The molecule has 138 valence electrons. The van der Waals surface area contributed by atoms with E-state index in [0.717, 1.165) is 10.9 Å². The maximum absolute atomic E-state index is 12.0. The maximum atomic E-state index is 12.0. The van der Waals surface area contributed by atoms with Gasteiger partial charge in [0.25, 0.3) is 5.91 Å². The average molecular weight is 420 g/mol. The molecule has 2 aromatic rings. The highest BCUT2D eigenvalue weighted by atomic mass is 79.9. The summed E-state index contributed by atoms with van der Waals surface area (Å²) >= 11 is 3.35. The fourth-order valence-electron chi connectivity index (χ4n) is 2.06. The van der Waals surface area contributed by atoms with E-state index in [-0.39, 0.29) is 18.5 Å². The van der Waals surface area contributed by atoms with Gasteiger partial charge in [0, 0.05) is 10.2 Å². The highest BCUT2D eigenvalue weighted by molar-refractivity contribution is 9.10. The Bertz CT molecular complexity index is 744. The van der Waals surface area contributed by atoms with Crippen molar-refractivity contribution in [3.8, 4) is 5.75 Å². The van der Waals surface area contributed by atoms with E-state index in [9.17, 15) is 9.59 Å². The lowest BCUT2D eigenvalue weighted by Gasteiger charge is -2.09. The van der Waals surface area contributed by atoms with Gasteiger partial charge in [0.1, 0.15) is 5.75 Å². The van der Waals surface area contributed by atoms with Gasteiger partial charge in [-0.3, -0.25) is 4.79 Å². The fraction of sp³-hybridized carbons (Fsp3) is 0.300. The van der Waals surface area contributed by atoms with Crippen LogP contribution >= 0.6 is 15.9 Å². The van der Waals surface area contributed by atoms with Crippen molar-refractivity contribution in [3.05, 3.63) is 58.6 Å². The van der Waals surface area contributed by atoms with Crippen molar-refractivity contribution >= 4 is 33.5 Å². The second-order valence-corrected chi connectivity index (χ2v) is 7.11. The molecule has 0 fully saturated rings. The molecule has 2 aromatic carbocycles. The minimum atomic E-state index is -0.360. The third-order valence-electron chi connectivity index (χ3n) is 3.50. The van der Waals surface area contributed by atoms with E-state index >= 15 is 0 Å². The van der Waals surface area contributed by atoms with Gasteiger partial charge in [-0.15, -0.1) is 0 Å². The number of amides is 1. The number of ether oxygens (including phenoxy) is 2. The number of nitrogens with one attached hydrogen (secondary N) is 1. The van der Waals surface area contributed by atoms with Crippen molar-refractivity contribution < 1.29 is 19.1 Å². The molecule has 1 N–H and O–H groups in total. The van der Waals surface area contributed by atoms with E-state index in [4.69, 9.17) is 9.47 Å². The van der Waals surface area contributed by atoms with Crippen molar-refractivity contribution in [2.45, 2.75) is 20.3 Å². The van der Waals surface area contributed by atoms with Crippen LogP contribution in [-0.2, 0) is 9.53 Å². The highest BCUT2D eigenvalue weighted by Gasteiger charge is 2.09. The van der Waals surface area contributed by atoms with E-state index in [1.165, 1.54) is 0 Å². The Labute approximate surface area is 161 Å². The van der Waals surface area contributed by atoms with Gasteiger partial charge in [-0.05, 0) is 54.8 Å². The Balaban J connectivity index is 1.80. The Kier molecular flexibility index (Phi) is 7.66.